The monoisotopic (exact) mass is 428 g/mol. The molecule has 0 unspecified atom stereocenters. The molecule has 0 amide bonds. The van der Waals surface area contributed by atoms with Gasteiger partial charge in [-0.05, 0) is 43.6 Å². The number of halogens is 2. The quantitative estimate of drug-likeness (QED) is 0.518. The van der Waals surface area contributed by atoms with Gasteiger partial charge >= 0.3 is 0 Å². The number of hydrogen-bond acceptors (Lipinski definition) is 6. The Morgan fingerprint density at radius 2 is 2.10 bits per heavy atom. The van der Waals surface area contributed by atoms with Crippen LogP contribution in [0.5, 0.6) is 0 Å². The number of nitrogens with zero attached hydrogens (tertiary/aromatic N) is 4. The molecule has 4 heterocycles. The first-order valence-corrected chi connectivity index (χ1v) is 10.0. The third-order valence-corrected chi connectivity index (χ3v) is 5.71. The number of benzene rings is 1. The van der Waals surface area contributed by atoms with Gasteiger partial charge < -0.3 is 14.8 Å². The molecule has 8 nitrogen and oxygen atoms in total. The van der Waals surface area contributed by atoms with Crippen LogP contribution in [-0.4, -0.2) is 37.8 Å². The first-order chi connectivity index (χ1) is 14.6. The molecule has 4 aromatic rings. The van der Waals surface area contributed by atoms with Gasteiger partial charge in [0.25, 0.3) is 11.4 Å². The van der Waals surface area contributed by atoms with E-state index in [9.17, 15) is 9.18 Å². The van der Waals surface area contributed by atoms with Gasteiger partial charge in [0.15, 0.2) is 5.82 Å². The van der Waals surface area contributed by atoms with Crippen molar-refractivity contribution in [3.63, 3.8) is 0 Å². The van der Waals surface area contributed by atoms with Crippen LogP contribution in [0.2, 0.25) is 5.02 Å². The van der Waals surface area contributed by atoms with Gasteiger partial charge in [0.2, 0.25) is 0 Å². The normalized spacial score (nSPS) is 15.1. The largest absolute Gasteiger partial charge is 0.334 e. The molecule has 3 aromatic heterocycles. The Hall–Kier alpha value is -3.04. The van der Waals surface area contributed by atoms with E-state index in [2.05, 4.69) is 25.5 Å². The third kappa shape index (κ3) is 3.50. The molecule has 2 N–H and O–H groups in total. The van der Waals surface area contributed by atoms with E-state index in [1.165, 1.54) is 12.1 Å². The fraction of sp³-hybridized carbons (Fsp3) is 0.300. The van der Waals surface area contributed by atoms with Crippen LogP contribution in [0.4, 0.5) is 4.39 Å². The van der Waals surface area contributed by atoms with Crippen molar-refractivity contribution in [3.8, 4) is 11.5 Å². The van der Waals surface area contributed by atoms with Crippen LogP contribution in [0.1, 0.15) is 35.8 Å². The van der Waals surface area contributed by atoms with Crippen molar-refractivity contribution in [1.82, 2.24) is 30.1 Å². The maximum Gasteiger partial charge on any atom is 0.263 e. The van der Waals surface area contributed by atoms with Gasteiger partial charge in [0.05, 0.1) is 11.9 Å². The van der Waals surface area contributed by atoms with Crippen molar-refractivity contribution in [2.24, 2.45) is 0 Å². The highest BCUT2D eigenvalue weighted by Gasteiger charge is 2.22. The van der Waals surface area contributed by atoms with Crippen molar-refractivity contribution < 1.29 is 8.91 Å². The van der Waals surface area contributed by atoms with Crippen LogP contribution in [0, 0.1) is 5.82 Å². The molecule has 0 atom stereocenters. The first-order valence-electron chi connectivity index (χ1n) is 9.67. The van der Waals surface area contributed by atoms with Gasteiger partial charge in [-0.3, -0.25) is 4.79 Å². The summed E-state index contributed by atoms with van der Waals surface area (Å²) in [5, 5.41) is 12.1. The Labute approximate surface area is 175 Å². The zero-order valence-corrected chi connectivity index (χ0v) is 16.6. The minimum atomic E-state index is -0.405. The fourth-order valence-electron chi connectivity index (χ4n) is 3.85. The predicted molar refractivity (Wildman–Crippen MR) is 108 cm³/mol. The maximum atomic E-state index is 13.2. The van der Waals surface area contributed by atoms with E-state index in [0.717, 1.165) is 31.6 Å². The standard InChI is InChI=1S/C20H18ClFN6O2/c21-15-8-13(22)2-1-12(15)7-17-25-20(30-27-17)14-10-24-28-16(9-18(29)26-19(14)28)11-3-5-23-6-4-11/h1-2,8-11,23H,3-7H2,(H,26,29). The molecule has 30 heavy (non-hydrogen) atoms. The Morgan fingerprint density at radius 1 is 1.27 bits per heavy atom. The number of aromatic nitrogens is 5. The summed E-state index contributed by atoms with van der Waals surface area (Å²) in [4.78, 5) is 19.6. The Balaban J connectivity index is 1.50. The molecule has 1 aliphatic rings. The molecule has 0 aliphatic carbocycles. The lowest BCUT2D eigenvalue weighted by Crippen LogP contribution is -2.28. The van der Waals surface area contributed by atoms with E-state index in [4.69, 9.17) is 16.1 Å². The summed E-state index contributed by atoms with van der Waals surface area (Å²) in [6.45, 7) is 1.82. The van der Waals surface area contributed by atoms with E-state index in [0.29, 0.717) is 34.0 Å². The molecule has 1 saturated heterocycles. The molecule has 0 bridgehead atoms. The maximum absolute atomic E-state index is 13.2. The first kappa shape index (κ1) is 19.0. The Bertz CT molecular complexity index is 1270. The zero-order chi connectivity index (χ0) is 20.7. The molecule has 154 valence electrons. The molecule has 5 rings (SSSR count). The second kappa shape index (κ2) is 7.66. The van der Waals surface area contributed by atoms with Gasteiger partial charge in [0, 0.05) is 23.4 Å². The molecular formula is C20H18ClFN6O2. The van der Waals surface area contributed by atoms with Crippen LogP contribution < -0.4 is 10.9 Å². The number of piperidine rings is 1. The highest BCUT2D eigenvalue weighted by Crippen LogP contribution is 2.28. The highest BCUT2D eigenvalue weighted by molar-refractivity contribution is 6.31. The summed E-state index contributed by atoms with van der Waals surface area (Å²) in [6, 6.07) is 5.78. The van der Waals surface area contributed by atoms with Crippen molar-refractivity contribution in [2.75, 3.05) is 13.1 Å². The van der Waals surface area contributed by atoms with Crippen LogP contribution in [0.3, 0.4) is 0 Å². The smallest absolute Gasteiger partial charge is 0.263 e. The molecule has 0 spiro atoms. The minimum absolute atomic E-state index is 0.199. The van der Waals surface area contributed by atoms with E-state index >= 15 is 0 Å². The summed E-state index contributed by atoms with van der Waals surface area (Å²) in [6.07, 6.45) is 3.78. The number of H-pyrrole nitrogens is 1. The summed E-state index contributed by atoms with van der Waals surface area (Å²) in [7, 11) is 0. The number of hydrogen-bond donors (Lipinski definition) is 2. The average molecular weight is 429 g/mol. The minimum Gasteiger partial charge on any atom is -0.334 e. The van der Waals surface area contributed by atoms with E-state index < -0.39 is 5.82 Å². The van der Waals surface area contributed by atoms with E-state index in [-0.39, 0.29) is 17.4 Å². The molecule has 10 heteroatoms. The molecule has 1 aliphatic heterocycles. The lowest BCUT2D eigenvalue weighted by molar-refractivity contribution is 0.424. The SMILES string of the molecule is O=c1cc(C2CCNCC2)n2ncc(-c3nc(Cc4ccc(F)cc4Cl)no3)c2[nH]1. The van der Waals surface area contributed by atoms with Gasteiger partial charge in [-0.25, -0.2) is 8.91 Å². The summed E-state index contributed by atoms with van der Waals surface area (Å²) >= 11 is 6.09. The lowest BCUT2D eigenvalue weighted by atomic mass is 9.94. The van der Waals surface area contributed by atoms with Crippen molar-refractivity contribution in [3.05, 3.63) is 68.7 Å². The zero-order valence-electron chi connectivity index (χ0n) is 15.9. The summed E-state index contributed by atoms with van der Waals surface area (Å²) < 4.78 is 20.4. The number of aromatic amines is 1. The van der Waals surface area contributed by atoms with E-state index in [1.807, 2.05) is 0 Å². The van der Waals surface area contributed by atoms with Crippen molar-refractivity contribution in [2.45, 2.75) is 25.2 Å². The van der Waals surface area contributed by atoms with Gasteiger partial charge in [0.1, 0.15) is 17.0 Å². The second-order valence-electron chi connectivity index (χ2n) is 7.33. The average Bonchev–Trinajstić information content (AvgIpc) is 3.37. The van der Waals surface area contributed by atoms with Gasteiger partial charge in [-0.15, -0.1) is 0 Å². The van der Waals surface area contributed by atoms with Gasteiger partial charge in [-0.2, -0.15) is 10.1 Å². The summed E-state index contributed by atoms with van der Waals surface area (Å²) in [5.74, 6) is 0.492. The molecule has 1 aromatic carbocycles. The molecule has 0 radical (unpaired) electrons. The highest BCUT2D eigenvalue weighted by atomic mass is 35.5. The summed E-state index contributed by atoms with van der Waals surface area (Å²) in [5.41, 5.74) is 2.43. The van der Waals surface area contributed by atoms with E-state index in [1.54, 1.807) is 22.8 Å². The fourth-order valence-corrected chi connectivity index (χ4v) is 4.08. The van der Waals surface area contributed by atoms with Crippen LogP contribution in [0.15, 0.2) is 39.8 Å². The van der Waals surface area contributed by atoms with Crippen LogP contribution in [-0.2, 0) is 6.42 Å². The number of fused-ring (bicyclic) bond motifs is 1. The molecule has 1 fully saturated rings. The lowest BCUT2D eigenvalue weighted by Gasteiger charge is -2.23. The van der Waals surface area contributed by atoms with Crippen molar-refractivity contribution in [1.29, 1.82) is 0 Å². The number of rotatable bonds is 4. The Kier molecular flexibility index (Phi) is 4.84. The predicted octanol–water partition coefficient (Wildman–Crippen LogP) is 2.92. The van der Waals surface area contributed by atoms with Crippen LogP contribution >= 0.6 is 11.6 Å². The molecular weight excluding hydrogens is 411 g/mol. The second-order valence-corrected chi connectivity index (χ2v) is 7.74. The van der Waals surface area contributed by atoms with Crippen molar-refractivity contribution >= 4 is 17.2 Å². The van der Waals surface area contributed by atoms with Crippen LogP contribution in [0.25, 0.3) is 17.1 Å². The topological polar surface area (TPSA) is 101 Å². The Morgan fingerprint density at radius 3 is 2.90 bits per heavy atom. The van der Waals surface area contributed by atoms with Gasteiger partial charge in [-0.1, -0.05) is 22.8 Å². The third-order valence-electron chi connectivity index (χ3n) is 5.35. The molecule has 0 saturated carbocycles. The number of nitrogens with one attached hydrogen (secondary N) is 2.